The van der Waals surface area contributed by atoms with Gasteiger partial charge in [0, 0.05) is 37.3 Å². The zero-order chi connectivity index (χ0) is 16.4. The van der Waals surface area contributed by atoms with Crippen LogP contribution in [0.2, 0.25) is 0 Å². The molecule has 2 aromatic rings. The van der Waals surface area contributed by atoms with E-state index >= 15 is 0 Å². The summed E-state index contributed by atoms with van der Waals surface area (Å²) >= 11 is 0. The number of benzene rings is 1. The van der Waals surface area contributed by atoms with Crippen LogP contribution in [0.3, 0.4) is 0 Å². The van der Waals surface area contributed by atoms with E-state index in [2.05, 4.69) is 20.3 Å². The topological polar surface area (TPSA) is 108 Å². The van der Waals surface area contributed by atoms with Gasteiger partial charge in [-0.1, -0.05) is 18.2 Å². The highest BCUT2D eigenvalue weighted by atomic mass is 16.2. The Morgan fingerprint density at radius 2 is 1.83 bits per heavy atom. The molecule has 1 aromatic carbocycles. The predicted octanol–water partition coefficient (Wildman–Crippen LogP) is -0.0418. The van der Waals surface area contributed by atoms with Crippen molar-refractivity contribution in [3.8, 4) is 11.3 Å². The number of rotatable bonds is 3. The Kier molecular flexibility index (Phi) is 4.07. The van der Waals surface area contributed by atoms with Crippen LogP contribution in [0.5, 0.6) is 0 Å². The number of likely N-dealkylation sites (N-methyl/N-ethyl adjacent to an activating group) is 1. The van der Waals surface area contributed by atoms with Gasteiger partial charge in [0.25, 0.3) is 11.8 Å². The molecule has 1 aliphatic rings. The summed E-state index contributed by atoms with van der Waals surface area (Å²) in [6, 6.07) is 7.05. The second-order valence-electron chi connectivity index (χ2n) is 5.53. The van der Waals surface area contributed by atoms with Crippen LogP contribution in [0.1, 0.15) is 20.8 Å². The SMILES string of the molecule is CN1CCN(C(=O)c2ccccc2-c2n[nH]nc2C(N)=O)CC1. The highest BCUT2D eigenvalue weighted by Crippen LogP contribution is 2.25. The van der Waals surface area contributed by atoms with E-state index in [1.54, 1.807) is 24.3 Å². The quantitative estimate of drug-likeness (QED) is 0.826. The van der Waals surface area contributed by atoms with E-state index in [0.717, 1.165) is 13.1 Å². The zero-order valence-electron chi connectivity index (χ0n) is 12.8. The molecule has 3 N–H and O–H groups in total. The van der Waals surface area contributed by atoms with E-state index in [-0.39, 0.29) is 11.6 Å². The monoisotopic (exact) mass is 314 g/mol. The van der Waals surface area contributed by atoms with Gasteiger partial charge in [0.1, 0.15) is 5.69 Å². The molecule has 8 nitrogen and oxygen atoms in total. The third-order valence-electron chi connectivity index (χ3n) is 3.98. The molecule has 0 atom stereocenters. The summed E-state index contributed by atoms with van der Waals surface area (Å²) in [5.41, 5.74) is 6.70. The van der Waals surface area contributed by atoms with Crippen molar-refractivity contribution in [3.05, 3.63) is 35.5 Å². The Morgan fingerprint density at radius 1 is 1.13 bits per heavy atom. The maximum Gasteiger partial charge on any atom is 0.271 e. The number of piperazine rings is 1. The largest absolute Gasteiger partial charge is 0.364 e. The minimum atomic E-state index is -0.685. The Morgan fingerprint density at radius 3 is 2.52 bits per heavy atom. The molecule has 3 rings (SSSR count). The van der Waals surface area contributed by atoms with Crippen molar-refractivity contribution in [2.75, 3.05) is 33.2 Å². The molecule has 0 aliphatic carbocycles. The molecule has 1 aromatic heterocycles. The van der Waals surface area contributed by atoms with Crippen LogP contribution in [0, 0.1) is 0 Å². The van der Waals surface area contributed by atoms with Gasteiger partial charge in [-0.15, -0.1) is 0 Å². The number of nitrogens with one attached hydrogen (secondary N) is 1. The Labute approximate surface area is 133 Å². The van der Waals surface area contributed by atoms with E-state index in [1.807, 2.05) is 11.9 Å². The predicted molar refractivity (Wildman–Crippen MR) is 83.7 cm³/mol. The third kappa shape index (κ3) is 2.93. The summed E-state index contributed by atoms with van der Waals surface area (Å²) in [4.78, 5) is 28.3. The summed E-state index contributed by atoms with van der Waals surface area (Å²) < 4.78 is 0. The molecular weight excluding hydrogens is 296 g/mol. The molecule has 2 heterocycles. The van der Waals surface area contributed by atoms with E-state index in [0.29, 0.717) is 29.9 Å². The first kappa shape index (κ1) is 15.2. The number of carbonyl (C=O) groups excluding carboxylic acids is 2. The molecular formula is C15H18N6O2. The third-order valence-corrected chi connectivity index (χ3v) is 3.98. The van der Waals surface area contributed by atoms with Gasteiger partial charge in [0.05, 0.1) is 0 Å². The van der Waals surface area contributed by atoms with Crippen molar-refractivity contribution in [3.63, 3.8) is 0 Å². The Hall–Kier alpha value is -2.74. The molecule has 1 saturated heterocycles. The van der Waals surface area contributed by atoms with Gasteiger partial charge >= 0.3 is 0 Å². The van der Waals surface area contributed by atoms with Gasteiger partial charge in [0.2, 0.25) is 0 Å². The van der Waals surface area contributed by atoms with E-state index in [4.69, 9.17) is 5.73 Å². The average molecular weight is 314 g/mol. The number of primary amides is 1. The molecule has 0 unspecified atom stereocenters. The number of nitrogens with zero attached hydrogens (tertiary/aromatic N) is 4. The molecule has 1 aliphatic heterocycles. The Balaban J connectivity index is 1.96. The fraction of sp³-hybridized carbons (Fsp3) is 0.333. The molecule has 8 heteroatoms. The van der Waals surface area contributed by atoms with Crippen LogP contribution in [0.4, 0.5) is 0 Å². The highest BCUT2D eigenvalue weighted by Gasteiger charge is 2.25. The first-order valence-corrected chi connectivity index (χ1v) is 7.35. The van der Waals surface area contributed by atoms with Gasteiger partial charge in [-0.3, -0.25) is 9.59 Å². The van der Waals surface area contributed by atoms with Crippen LogP contribution < -0.4 is 5.73 Å². The van der Waals surface area contributed by atoms with Gasteiger partial charge in [0.15, 0.2) is 5.69 Å². The number of hydrogen-bond donors (Lipinski definition) is 2. The first-order valence-electron chi connectivity index (χ1n) is 7.35. The summed E-state index contributed by atoms with van der Waals surface area (Å²) in [5, 5.41) is 10.2. The fourth-order valence-electron chi connectivity index (χ4n) is 2.65. The highest BCUT2D eigenvalue weighted by molar-refractivity contribution is 6.04. The number of aromatic nitrogens is 3. The summed E-state index contributed by atoms with van der Waals surface area (Å²) in [7, 11) is 2.03. The number of aromatic amines is 1. The van der Waals surface area contributed by atoms with E-state index < -0.39 is 5.91 Å². The number of amides is 2. The van der Waals surface area contributed by atoms with Crippen LogP contribution in [0.15, 0.2) is 24.3 Å². The van der Waals surface area contributed by atoms with E-state index in [9.17, 15) is 9.59 Å². The van der Waals surface area contributed by atoms with Crippen molar-refractivity contribution in [1.82, 2.24) is 25.2 Å². The second-order valence-corrected chi connectivity index (χ2v) is 5.53. The number of hydrogen-bond acceptors (Lipinski definition) is 5. The molecule has 0 saturated carbocycles. The molecule has 0 radical (unpaired) electrons. The molecule has 23 heavy (non-hydrogen) atoms. The molecule has 1 fully saturated rings. The van der Waals surface area contributed by atoms with E-state index in [1.165, 1.54) is 0 Å². The molecule has 2 amide bonds. The van der Waals surface area contributed by atoms with Gasteiger partial charge in [-0.25, -0.2) is 0 Å². The van der Waals surface area contributed by atoms with Crippen molar-refractivity contribution in [1.29, 1.82) is 0 Å². The maximum absolute atomic E-state index is 12.8. The van der Waals surface area contributed by atoms with Crippen LogP contribution in [0.25, 0.3) is 11.3 Å². The second kappa shape index (κ2) is 6.17. The summed E-state index contributed by atoms with van der Waals surface area (Å²) in [6.07, 6.45) is 0. The Bertz CT molecular complexity index is 733. The molecule has 0 spiro atoms. The lowest BCUT2D eigenvalue weighted by Crippen LogP contribution is -2.47. The fourth-order valence-corrected chi connectivity index (χ4v) is 2.65. The van der Waals surface area contributed by atoms with Crippen LogP contribution >= 0.6 is 0 Å². The lowest BCUT2D eigenvalue weighted by atomic mass is 10.0. The van der Waals surface area contributed by atoms with Gasteiger partial charge in [-0.2, -0.15) is 15.4 Å². The van der Waals surface area contributed by atoms with Gasteiger partial charge < -0.3 is 15.5 Å². The van der Waals surface area contributed by atoms with Crippen LogP contribution in [-0.4, -0.2) is 70.3 Å². The lowest BCUT2D eigenvalue weighted by Gasteiger charge is -2.32. The number of carbonyl (C=O) groups is 2. The standard InChI is InChI=1S/C15H18N6O2/c1-20-6-8-21(9-7-20)15(23)11-5-3-2-4-10(11)12-13(14(16)22)18-19-17-12/h2-5H,6-9H2,1H3,(H2,16,22)(H,17,18,19). The smallest absolute Gasteiger partial charge is 0.271 e. The van der Waals surface area contributed by atoms with Crippen molar-refractivity contribution >= 4 is 11.8 Å². The first-order chi connectivity index (χ1) is 11.1. The minimum Gasteiger partial charge on any atom is -0.364 e. The summed E-state index contributed by atoms with van der Waals surface area (Å²) in [5.74, 6) is -0.761. The zero-order valence-corrected chi connectivity index (χ0v) is 12.8. The number of H-pyrrole nitrogens is 1. The maximum atomic E-state index is 12.8. The van der Waals surface area contributed by atoms with Crippen molar-refractivity contribution in [2.24, 2.45) is 5.73 Å². The molecule has 120 valence electrons. The average Bonchev–Trinajstić information content (AvgIpc) is 3.05. The van der Waals surface area contributed by atoms with Crippen molar-refractivity contribution in [2.45, 2.75) is 0 Å². The normalized spacial score (nSPS) is 15.6. The summed E-state index contributed by atoms with van der Waals surface area (Å²) in [6.45, 7) is 3.02. The lowest BCUT2D eigenvalue weighted by molar-refractivity contribution is 0.0664. The van der Waals surface area contributed by atoms with Gasteiger partial charge in [-0.05, 0) is 13.1 Å². The van der Waals surface area contributed by atoms with Crippen molar-refractivity contribution < 1.29 is 9.59 Å². The van der Waals surface area contributed by atoms with Crippen LogP contribution in [-0.2, 0) is 0 Å². The molecule has 0 bridgehead atoms. The number of nitrogens with two attached hydrogens (primary N) is 1. The minimum absolute atomic E-state index is 0.0311.